The Kier molecular flexibility index (Phi) is 5.01. The van der Waals surface area contributed by atoms with Gasteiger partial charge in [-0.25, -0.2) is 0 Å². The number of hydrogen-bond acceptors (Lipinski definition) is 0. The first-order chi connectivity index (χ1) is 11.1. The van der Waals surface area contributed by atoms with E-state index >= 15 is 0 Å². The minimum atomic E-state index is 0.577. The van der Waals surface area contributed by atoms with Gasteiger partial charge in [-0.2, -0.15) is 0 Å². The molecule has 0 radical (unpaired) electrons. The van der Waals surface area contributed by atoms with E-state index in [1.165, 1.54) is 38.5 Å². The second-order valence-electron chi connectivity index (χ2n) is 9.21. The first-order valence-electron chi connectivity index (χ1n) is 10.8. The van der Waals surface area contributed by atoms with E-state index in [9.17, 15) is 0 Å². The molecule has 4 saturated carbocycles. The molecule has 4 aliphatic carbocycles. The van der Waals surface area contributed by atoms with Crippen molar-refractivity contribution in [3.05, 3.63) is 11.6 Å². The van der Waals surface area contributed by atoms with Gasteiger partial charge in [-0.05, 0) is 92.8 Å². The summed E-state index contributed by atoms with van der Waals surface area (Å²) in [5, 5.41) is 0. The van der Waals surface area contributed by atoms with Crippen molar-refractivity contribution in [3.63, 3.8) is 0 Å². The minimum absolute atomic E-state index is 0.577. The van der Waals surface area contributed by atoms with Crippen LogP contribution in [0.4, 0.5) is 0 Å². The maximum Gasteiger partial charge on any atom is -0.00853 e. The van der Waals surface area contributed by atoms with Gasteiger partial charge in [0.05, 0.1) is 0 Å². The van der Waals surface area contributed by atoms with Crippen molar-refractivity contribution in [1.29, 1.82) is 0 Å². The molecule has 6 atom stereocenters. The number of allylic oxidation sites excluding steroid dienone is 2. The van der Waals surface area contributed by atoms with Gasteiger partial charge in [-0.3, -0.25) is 0 Å². The summed E-state index contributed by atoms with van der Waals surface area (Å²) < 4.78 is 0. The Balaban J connectivity index is 0.000000753. The van der Waals surface area contributed by atoms with Crippen molar-refractivity contribution in [1.82, 2.24) is 0 Å². The van der Waals surface area contributed by atoms with E-state index in [0.717, 1.165) is 23.7 Å². The van der Waals surface area contributed by atoms with Gasteiger partial charge in [0.1, 0.15) is 0 Å². The molecule has 0 heterocycles. The summed E-state index contributed by atoms with van der Waals surface area (Å²) in [4.78, 5) is 0. The van der Waals surface area contributed by atoms with Gasteiger partial charge in [0.25, 0.3) is 0 Å². The molecule has 0 aliphatic heterocycles. The van der Waals surface area contributed by atoms with Crippen LogP contribution in [0.2, 0.25) is 0 Å². The lowest BCUT2D eigenvalue weighted by Crippen LogP contribution is -2.52. The van der Waals surface area contributed by atoms with Gasteiger partial charge in [-0.1, -0.05) is 52.2 Å². The van der Waals surface area contributed by atoms with E-state index in [4.69, 9.17) is 0 Å². The van der Waals surface area contributed by atoms with Crippen molar-refractivity contribution >= 4 is 0 Å². The molecule has 4 rings (SSSR count). The maximum absolute atomic E-state index is 2.70. The highest BCUT2D eigenvalue weighted by Gasteiger charge is 2.58. The summed E-state index contributed by atoms with van der Waals surface area (Å²) in [7, 11) is 0. The van der Waals surface area contributed by atoms with Gasteiger partial charge < -0.3 is 0 Å². The molecule has 0 aromatic heterocycles. The Hall–Kier alpha value is -0.260. The molecule has 0 aromatic carbocycles. The van der Waals surface area contributed by atoms with E-state index < -0.39 is 0 Å². The third-order valence-corrected chi connectivity index (χ3v) is 8.78. The smallest absolute Gasteiger partial charge is 0.00853 e. The van der Waals surface area contributed by atoms with Crippen molar-refractivity contribution < 1.29 is 0 Å². The van der Waals surface area contributed by atoms with Crippen LogP contribution in [0, 0.1) is 34.5 Å². The highest BCUT2D eigenvalue weighted by molar-refractivity contribution is 5.23. The van der Waals surface area contributed by atoms with E-state index in [1.807, 2.05) is 19.4 Å². The van der Waals surface area contributed by atoms with Crippen LogP contribution in [0.15, 0.2) is 11.6 Å². The molecule has 4 fully saturated rings. The lowest BCUT2D eigenvalue weighted by atomic mass is 9.45. The average Bonchev–Trinajstić information content (AvgIpc) is 2.92. The molecule has 0 saturated heterocycles. The molecule has 0 amide bonds. The van der Waals surface area contributed by atoms with Crippen LogP contribution in [0.3, 0.4) is 0 Å². The molecule has 0 bridgehead atoms. The Bertz CT molecular complexity index is 447. The summed E-state index contributed by atoms with van der Waals surface area (Å²) in [6, 6.07) is 0. The van der Waals surface area contributed by atoms with Crippen LogP contribution in [0.25, 0.3) is 0 Å². The number of rotatable bonds is 0. The fourth-order valence-corrected chi connectivity index (χ4v) is 7.62. The van der Waals surface area contributed by atoms with Crippen molar-refractivity contribution in [2.45, 2.75) is 98.8 Å². The second-order valence-corrected chi connectivity index (χ2v) is 9.21. The molecule has 132 valence electrons. The van der Waals surface area contributed by atoms with Crippen molar-refractivity contribution in [2.24, 2.45) is 34.5 Å². The molecule has 23 heavy (non-hydrogen) atoms. The van der Waals surface area contributed by atoms with Crippen LogP contribution in [0.1, 0.15) is 98.8 Å². The molecule has 4 aliphatic rings. The monoisotopic (exact) mass is 316 g/mol. The molecule has 0 N–H and O–H groups in total. The van der Waals surface area contributed by atoms with Crippen LogP contribution < -0.4 is 0 Å². The average molecular weight is 317 g/mol. The maximum atomic E-state index is 2.70. The zero-order valence-electron chi connectivity index (χ0n) is 16.5. The zero-order valence-corrected chi connectivity index (χ0v) is 16.5. The van der Waals surface area contributed by atoms with Gasteiger partial charge in [0.2, 0.25) is 0 Å². The van der Waals surface area contributed by atoms with Crippen LogP contribution >= 0.6 is 0 Å². The summed E-state index contributed by atoms with van der Waals surface area (Å²) >= 11 is 0. The normalized spacial score (nSPS) is 50.4. The van der Waals surface area contributed by atoms with Gasteiger partial charge in [-0.15, -0.1) is 0 Å². The fourth-order valence-electron chi connectivity index (χ4n) is 7.62. The molecule has 0 aromatic rings. The SMILES string of the molecule is C/C=C1/CCC2C3CCC4CCCCC4(C)C3CCC12C.CC. The molecule has 6 unspecified atom stereocenters. The molecular formula is C23H40. The van der Waals surface area contributed by atoms with Gasteiger partial charge in [0.15, 0.2) is 0 Å². The van der Waals surface area contributed by atoms with E-state index in [1.54, 1.807) is 25.7 Å². The summed E-state index contributed by atoms with van der Waals surface area (Å²) in [5.74, 6) is 4.20. The first kappa shape index (κ1) is 17.6. The van der Waals surface area contributed by atoms with Gasteiger partial charge in [0, 0.05) is 0 Å². The van der Waals surface area contributed by atoms with Crippen molar-refractivity contribution in [3.8, 4) is 0 Å². The summed E-state index contributed by atoms with van der Waals surface area (Å²) in [5.41, 5.74) is 3.09. The lowest BCUT2D eigenvalue weighted by molar-refractivity contribution is -0.0972. The van der Waals surface area contributed by atoms with E-state index in [2.05, 4.69) is 26.8 Å². The van der Waals surface area contributed by atoms with Gasteiger partial charge >= 0.3 is 0 Å². The largest absolute Gasteiger partial charge is 0.0879 e. The van der Waals surface area contributed by atoms with E-state index in [0.29, 0.717) is 10.8 Å². The molecular weight excluding hydrogens is 276 g/mol. The predicted molar refractivity (Wildman–Crippen MR) is 101 cm³/mol. The van der Waals surface area contributed by atoms with Crippen LogP contribution in [-0.4, -0.2) is 0 Å². The van der Waals surface area contributed by atoms with Crippen molar-refractivity contribution in [2.75, 3.05) is 0 Å². The van der Waals surface area contributed by atoms with Crippen LogP contribution in [0.5, 0.6) is 0 Å². The molecule has 0 spiro atoms. The van der Waals surface area contributed by atoms with Crippen LogP contribution in [-0.2, 0) is 0 Å². The second kappa shape index (κ2) is 6.57. The Morgan fingerprint density at radius 2 is 1.65 bits per heavy atom. The third-order valence-electron chi connectivity index (χ3n) is 8.78. The highest BCUT2D eigenvalue weighted by Crippen LogP contribution is 2.67. The first-order valence-corrected chi connectivity index (χ1v) is 10.8. The molecule has 0 nitrogen and oxygen atoms in total. The number of hydrogen-bond donors (Lipinski definition) is 0. The summed E-state index contributed by atoms with van der Waals surface area (Å²) in [6.45, 7) is 11.6. The predicted octanol–water partition coefficient (Wildman–Crippen LogP) is 7.39. The third kappa shape index (κ3) is 2.54. The lowest BCUT2D eigenvalue weighted by Gasteiger charge is -2.60. The Morgan fingerprint density at radius 3 is 2.39 bits per heavy atom. The molecule has 0 heteroatoms. The number of fused-ring (bicyclic) bond motifs is 5. The highest BCUT2D eigenvalue weighted by atomic mass is 14.6. The van der Waals surface area contributed by atoms with E-state index in [-0.39, 0.29) is 0 Å². The Labute approximate surface area is 145 Å². The summed E-state index contributed by atoms with van der Waals surface area (Å²) in [6.07, 6.45) is 17.6. The fraction of sp³-hybridized carbons (Fsp3) is 0.913. The zero-order chi connectivity index (χ0) is 16.7. The Morgan fingerprint density at radius 1 is 0.870 bits per heavy atom. The topological polar surface area (TPSA) is 0 Å². The minimum Gasteiger partial charge on any atom is -0.0879 e. The quantitative estimate of drug-likeness (QED) is 0.409. The standard InChI is InChI=1S/C21H34.C2H6/c1-4-15-9-11-18-17-10-8-16-7-5-6-13-20(16,2)19(17)12-14-21(15,18)3;1-2/h4,16-19H,5-14H2,1-3H3;1-2H3/b15-4-;.